The second kappa shape index (κ2) is 10.4. The number of aromatic nitrogens is 1. The molecule has 0 spiro atoms. The van der Waals surface area contributed by atoms with E-state index in [-0.39, 0.29) is 30.7 Å². The highest BCUT2D eigenvalue weighted by Crippen LogP contribution is 2.10. The van der Waals surface area contributed by atoms with Gasteiger partial charge in [0.1, 0.15) is 0 Å². The Bertz CT molecular complexity index is 343. The van der Waals surface area contributed by atoms with Gasteiger partial charge >= 0.3 is 0 Å². The molecular formula is C12H21Cl2N3OS. The van der Waals surface area contributed by atoms with Crippen molar-refractivity contribution in [3.05, 3.63) is 16.6 Å². The van der Waals surface area contributed by atoms with Crippen molar-refractivity contribution >= 4 is 42.1 Å². The summed E-state index contributed by atoms with van der Waals surface area (Å²) in [6, 6.07) is 0.555. The lowest BCUT2D eigenvalue weighted by Crippen LogP contribution is -2.28. The molecule has 19 heavy (non-hydrogen) atoms. The zero-order chi connectivity index (χ0) is 11.9. The Morgan fingerprint density at radius 3 is 3.00 bits per heavy atom. The molecule has 4 nitrogen and oxygen atoms in total. The second-order valence-electron chi connectivity index (χ2n) is 4.36. The predicted octanol–water partition coefficient (Wildman–Crippen LogP) is 2.18. The first-order valence-electron chi connectivity index (χ1n) is 6.23. The normalized spacial score (nSPS) is 17.4. The van der Waals surface area contributed by atoms with Crippen molar-refractivity contribution in [1.29, 1.82) is 0 Å². The van der Waals surface area contributed by atoms with E-state index in [2.05, 4.69) is 15.6 Å². The SMILES string of the molecule is Cl.Cl.O=C(CCC1CCCN1)NCCc1nccs1. The lowest BCUT2D eigenvalue weighted by atomic mass is 10.1. The van der Waals surface area contributed by atoms with Crippen LogP contribution < -0.4 is 10.6 Å². The molecule has 1 aliphatic rings. The zero-order valence-electron chi connectivity index (χ0n) is 10.8. The Kier molecular flexibility index (Phi) is 10.2. The molecule has 2 N–H and O–H groups in total. The number of thiazole rings is 1. The predicted molar refractivity (Wildman–Crippen MR) is 83.6 cm³/mol. The maximum atomic E-state index is 11.6. The summed E-state index contributed by atoms with van der Waals surface area (Å²) in [7, 11) is 0. The molecule has 7 heteroatoms. The highest BCUT2D eigenvalue weighted by Gasteiger charge is 2.14. The number of carbonyl (C=O) groups is 1. The highest BCUT2D eigenvalue weighted by atomic mass is 35.5. The Hall–Kier alpha value is -0.360. The lowest BCUT2D eigenvalue weighted by Gasteiger charge is -2.09. The number of carbonyl (C=O) groups excluding carboxylic acids is 1. The first-order chi connectivity index (χ1) is 8.34. The monoisotopic (exact) mass is 325 g/mol. The number of hydrogen-bond acceptors (Lipinski definition) is 4. The molecule has 0 aromatic carbocycles. The highest BCUT2D eigenvalue weighted by molar-refractivity contribution is 7.09. The molecule has 1 unspecified atom stereocenters. The summed E-state index contributed by atoms with van der Waals surface area (Å²) >= 11 is 1.64. The minimum absolute atomic E-state index is 0. The van der Waals surface area contributed by atoms with Gasteiger partial charge in [0.25, 0.3) is 0 Å². The van der Waals surface area contributed by atoms with Gasteiger partial charge in [-0.15, -0.1) is 36.2 Å². The number of nitrogens with one attached hydrogen (secondary N) is 2. The van der Waals surface area contributed by atoms with Crippen LogP contribution in [0.5, 0.6) is 0 Å². The molecule has 110 valence electrons. The maximum absolute atomic E-state index is 11.6. The van der Waals surface area contributed by atoms with Crippen molar-refractivity contribution in [2.75, 3.05) is 13.1 Å². The fourth-order valence-electron chi connectivity index (χ4n) is 2.08. The quantitative estimate of drug-likeness (QED) is 0.842. The molecule has 1 atom stereocenters. The molecule has 2 rings (SSSR count). The summed E-state index contributed by atoms with van der Waals surface area (Å²) in [5.74, 6) is 0.162. The summed E-state index contributed by atoms with van der Waals surface area (Å²) < 4.78 is 0. The summed E-state index contributed by atoms with van der Waals surface area (Å²) in [6.45, 7) is 1.81. The van der Waals surface area contributed by atoms with Crippen LogP contribution in [0.25, 0.3) is 0 Å². The molecule has 0 saturated carbocycles. The average Bonchev–Trinajstić information content (AvgIpc) is 2.99. The minimum atomic E-state index is 0. The van der Waals surface area contributed by atoms with Crippen LogP contribution in [0, 0.1) is 0 Å². The lowest BCUT2D eigenvalue weighted by molar-refractivity contribution is -0.121. The van der Waals surface area contributed by atoms with Crippen LogP contribution in [0.3, 0.4) is 0 Å². The molecule has 1 amide bonds. The molecule has 1 aliphatic heterocycles. The first-order valence-corrected chi connectivity index (χ1v) is 7.11. The molecule has 0 aliphatic carbocycles. The van der Waals surface area contributed by atoms with Gasteiger partial charge in [-0.2, -0.15) is 0 Å². The van der Waals surface area contributed by atoms with Gasteiger partial charge in [0.2, 0.25) is 5.91 Å². The summed E-state index contributed by atoms with van der Waals surface area (Å²) in [5, 5.41) is 9.39. The van der Waals surface area contributed by atoms with E-state index in [9.17, 15) is 4.79 Å². The van der Waals surface area contributed by atoms with Crippen LogP contribution >= 0.6 is 36.2 Å². The molecule has 0 radical (unpaired) electrons. The minimum Gasteiger partial charge on any atom is -0.356 e. The van der Waals surface area contributed by atoms with Crippen molar-refractivity contribution < 1.29 is 4.79 Å². The van der Waals surface area contributed by atoms with E-state index in [4.69, 9.17) is 0 Å². The number of halogens is 2. The number of nitrogens with zero attached hydrogens (tertiary/aromatic N) is 1. The Balaban J connectivity index is 0.00000162. The number of amides is 1. The van der Waals surface area contributed by atoms with Gasteiger partial charge in [0.15, 0.2) is 0 Å². The van der Waals surface area contributed by atoms with Gasteiger partial charge < -0.3 is 10.6 Å². The standard InChI is InChI=1S/C12H19N3OS.2ClH/c16-11(4-3-10-2-1-6-13-10)14-7-5-12-15-8-9-17-12;;/h8-10,13H,1-7H2,(H,14,16);2*1H. The van der Waals surface area contributed by atoms with Crippen LogP contribution in [0.15, 0.2) is 11.6 Å². The summed E-state index contributed by atoms with van der Waals surface area (Å²) in [4.78, 5) is 15.8. The van der Waals surface area contributed by atoms with Crippen molar-refractivity contribution in [3.8, 4) is 0 Å². The van der Waals surface area contributed by atoms with E-state index in [1.165, 1.54) is 12.8 Å². The summed E-state index contributed by atoms with van der Waals surface area (Å²) in [5.41, 5.74) is 0. The van der Waals surface area contributed by atoms with Gasteiger partial charge in [-0.1, -0.05) is 0 Å². The molecule has 1 aromatic heterocycles. The van der Waals surface area contributed by atoms with Gasteiger partial charge in [0, 0.05) is 37.0 Å². The smallest absolute Gasteiger partial charge is 0.220 e. The van der Waals surface area contributed by atoms with Gasteiger partial charge in [0.05, 0.1) is 5.01 Å². The molecule has 2 heterocycles. The molecule has 1 aromatic rings. The van der Waals surface area contributed by atoms with E-state index in [1.54, 1.807) is 17.5 Å². The van der Waals surface area contributed by atoms with Crippen molar-refractivity contribution in [3.63, 3.8) is 0 Å². The molecule has 0 bridgehead atoms. The van der Waals surface area contributed by atoms with E-state index < -0.39 is 0 Å². The summed E-state index contributed by atoms with van der Waals surface area (Å²) in [6.07, 6.45) is 6.69. The third-order valence-electron chi connectivity index (χ3n) is 3.03. The molecular weight excluding hydrogens is 305 g/mol. The average molecular weight is 326 g/mol. The van der Waals surface area contributed by atoms with Crippen LogP contribution in [-0.4, -0.2) is 30.0 Å². The fraction of sp³-hybridized carbons (Fsp3) is 0.667. The van der Waals surface area contributed by atoms with Crippen molar-refractivity contribution in [2.45, 2.75) is 38.1 Å². The first kappa shape index (κ1) is 18.6. The Morgan fingerprint density at radius 1 is 1.53 bits per heavy atom. The van der Waals surface area contributed by atoms with Gasteiger partial charge in [-0.05, 0) is 25.8 Å². The van der Waals surface area contributed by atoms with Crippen LogP contribution in [0.2, 0.25) is 0 Å². The number of hydrogen-bond donors (Lipinski definition) is 2. The number of rotatable bonds is 6. The molecule has 1 saturated heterocycles. The van der Waals surface area contributed by atoms with Crippen LogP contribution in [0.4, 0.5) is 0 Å². The fourth-order valence-corrected chi connectivity index (χ4v) is 2.70. The van der Waals surface area contributed by atoms with E-state index >= 15 is 0 Å². The van der Waals surface area contributed by atoms with Crippen molar-refractivity contribution in [1.82, 2.24) is 15.6 Å². The third-order valence-corrected chi connectivity index (χ3v) is 3.87. The Morgan fingerprint density at radius 2 is 2.37 bits per heavy atom. The van der Waals surface area contributed by atoms with E-state index in [1.807, 2.05) is 5.38 Å². The van der Waals surface area contributed by atoms with Gasteiger partial charge in [-0.25, -0.2) is 4.98 Å². The molecule has 1 fully saturated rings. The van der Waals surface area contributed by atoms with Gasteiger partial charge in [-0.3, -0.25) is 4.79 Å². The zero-order valence-corrected chi connectivity index (χ0v) is 13.2. The van der Waals surface area contributed by atoms with Crippen molar-refractivity contribution in [2.24, 2.45) is 0 Å². The van der Waals surface area contributed by atoms with Crippen LogP contribution in [-0.2, 0) is 11.2 Å². The second-order valence-corrected chi connectivity index (χ2v) is 5.34. The maximum Gasteiger partial charge on any atom is 0.220 e. The largest absolute Gasteiger partial charge is 0.356 e. The Labute approximate surface area is 130 Å². The van der Waals surface area contributed by atoms with Crippen LogP contribution in [0.1, 0.15) is 30.7 Å². The third kappa shape index (κ3) is 7.11. The topological polar surface area (TPSA) is 54.0 Å². The van der Waals surface area contributed by atoms with E-state index in [0.717, 1.165) is 24.4 Å². The van der Waals surface area contributed by atoms with E-state index in [0.29, 0.717) is 19.0 Å².